The van der Waals surface area contributed by atoms with Crippen LogP contribution >= 0.6 is 0 Å². The molecule has 0 aliphatic rings. The van der Waals surface area contributed by atoms with Crippen molar-refractivity contribution in [1.29, 1.82) is 0 Å². The molecule has 0 aromatic heterocycles. The minimum Gasteiger partial charge on any atom is -0.495 e. The average molecular weight is 432 g/mol. The van der Waals surface area contributed by atoms with Gasteiger partial charge in [0.15, 0.2) is 0 Å². The molecule has 0 radical (unpaired) electrons. The highest BCUT2D eigenvalue weighted by Gasteiger charge is 2.25. The van der Waals surface area contributed by atoms with Crippen LogP contribution in [-0.2, 0) is 10.7 Å². The van der Waals surface area contributed by atoms with Gasteiger partial charge in [0.25, 0.3) is 5.92 Å². The third-order valence-electron chi connectivity index (χ3n) is 5.08. The number of amides is 1. The van der Waals surface area contributed by atoms with E-state index in [2.05, 4.69) is 62.5 Å². The number of carbonyl (C=O) groups is 1. The first-order valence-corrected chi connectivity index (χ1v) is 10.7. The van der Waals surface area contributed by atoms with Crippen molar-refractivity contribution in [1.82, 2.24) is 0 Å². The van der Waals surface area contributed by atoms with Gasteiger partial charge in [-0.3, -0.25) is 4.79 Å². The monoisotopic (exact) mass is 431 g/mol. The molecule has 0 saturated carbocycles. The second kappa shape index (κ2) is 12.9. The predicted octanol–water partition coefficient (Wildman–Crippen LogP) is 7.60. The number of rotatable bonds is 8. The lowest BCUT2D eigenvalue weighted by Gasteiger charge is -2.16. The minimum absolute atomic E-state index is 0.152. The molecule has 170 valence electrons. The average Bonchev–Trinajstić information content (AvgIpc) is 2.73. The summed E-state index contributed by atoms with van der Waals surface area (Å²) in [5, 5.41) is 2.66. The molecule has 0 aliphatic heterocycles. The zero-order valence-electron chi connectivity index (χ0n) is 19.5. The molecular formula is C26H35F2NO2. The van der Waals surface area contributed by atoms with E-state index in [-0.39, 0.29) is 17.2 Å². The predicted molar refractivity (Wildman–Crippen MR) is 126 cm³/mol. The number of ether oxygens (including phenoxy) is 1. The Hall–Kier alpha value is -2.69. The topological polar surface area (TPSA) is 38.3 Å². The number of nitrogens with one attached hydrogen (secondary N) is 1. The molecule has 3 nitrogen and oxygen atoms in total. The zero-order valence-corrected chi connectivity index (χ0v) is 19.5. The number of aryl methyl sites for hydroxylation is 1. The number of hydrogen-bond acceptors (Lipinski definition) is 2. The smallest absolute Gasteiger partial charge is 0.270 e. The van der Waals surface area contributed by atoms with Crippen molar-refractivity contribution in [3.05, 3.63) is 65.2 Å². The number of carbonyl (C=O) groups excluding carboxylic acids is 1. The van der Waals surface area contributed by atoms with E-state index in [1.165, 1.54) is 36.4 Å². The van der Waals surface area contributed by atoms with Crippen LogP contribution in [0.3, 0.4) is 0 Å². The van der Waals surface area contributed by atoms with Gasteiger partial charge in [0.1, 0.15) is 5.75 Å². The van der Waals surface area contributed by atoms with Gasteiger partial charge in [0, 0.05) is 18.9 Å². The van der Waals surface area contributed by atoms with Crippen LogP contribution in [0.5, 0.6) is 5.75 Å². The summed E-state index contributed by atoms with van der Waals surface area (Å²) in [5.74, 6) is -2.31. The number of benzene rings is 2. The van der Waals surface area contributed by atoms with E-state index in [4.69, 9.17) is 4.74 Å². The molecule has 31 heavy (non-hydrogen) atoms. The Balaban J connectivity index is 0.000000399. The maximum absolute atomic E-state index is 13.4. The van der Waals surface area contributed by atoms with Gasteiger partial charge in [-0.25, -0.2) is 8.78 Å². The lowest BCUT2D eigenvalue weighted by molar-refractivity contribution is -0.116. The molecule has 2 aromatic rings. The number of hydrogen-bond donors (Lipinski definition) is 1. The Kier molecular flexibility index (Phi) is 10.9. The lowest BCUT2D eigenvalue weighted by atomic mass is 10.0. The molecule has 1 amide bonds. The summed E-state index contributed by atoms with van der Waals surface area (Å²) in [5.41, 5.74) is 2.77. The Labute approximate surface area is 185 Å². The number of halogens is 2. The van der Waals surface area contributed by atoms with Crippen LogP contribution < -0.4 is 10.1 Å². The molecular weight excluding hydrogens is 396 g/mol. The maximum Gasteiger partial charge on any atom is 0.270 e. The van der Waals surface area contributed by atoms with Crippen molar-refractivity contribution in [3.63, 3.8) is 0 Å². The molecule has 1 atom stereocenters. The van der Waals surface area contributed by atoms with Gasteiger partial charge in [0.2, 0.25) is 5.91 Å². The minimum atomic E-state index is -2.96. The van der Waals surface area contributed by atoms with Crippen molar-refractivity contribution in [2.75, 3.05) is 12.4 Å². The van der Waals surface area contributed by atoms with E-state index in [9.17, 15) is 13.6 Å². The first-order chi connectivity index (χ1) is 14.6. The van der Waals surface area contributed by atoms with Crippen molar-refractivity contribution in [2.45, 2.75) is 59.8 Å². The van der Waals surface area contributed by atoms with Crippen LogP contribution in [0.1, 0.15) is 63.6 Å². The van der Waals surface area contributed by atoms with E-state index >= 15 is 0 Å². The van der Waals surface area contributed by atoms with Crippen LogP contribution in [0.25, 0.3) is 6.08 Å². The van der Waals surface area contributed by atoms with E-state index in [0.29, 0.717) is 18.1 Å². The molecule has 2 aromatic carbocycles. The Bertz CT molecular complexity index is 857. The molecule has 0 fully saturated rings. The van der Waals surface area contributed by atoms with Crippen LogP contribution in [0.15, 0.2) is 48.5 Å². The van der Waals surface area contributed by atoms with Gasteiger partial charge < -0.3 is 10.1 Å². The van der Waals surface area contributed by atoms with Crippen molar-refractivity contribution < 1.29 is 18.3 Å². The van der Waals surface area contributed by atoms with Crippen molar-refractivity contribution in [3.8, 4) is 5.75 Å². The second-order valence-electron chi connectivity index (χ2n) is 7.76. The Morgan fingerprint density at radius 3 is 2.45 bits per heavy atom. The number of anilines is 1. The van der Waals surface area contributed by atoms with E-state index in [1.807, 2.05) is 6.92 Å². The van der Waals surface area contributed by atoms with Gasteiger partial charge >= 0.3 is 0 Å². The van der Waals surface area contributed by atoms with Crippen LogP contribution in [0.4, 0.5) is 14.5 Å². The summed E-state index contributed by atoms with van der Waals surface area (Å²) >= 11 is 0. The molecule has 0 heterocycles. The van der Waals surface area contributed by atoms with E-state index in [1.54, 1.807) is 0 Å². The fourth-order valence-corrected chi connectivity index (χ4v) is 2.83. The first-order valence-electron chi connectivity index (χ1n) is 10.7. The molecule has 5 heteroatoms. The molecule has 0 saturated heterocycles. The van der Waals surface area contributed by atoms with Gasteiger partial charge in [-0.2, -0.15) is 0 Å². The third-order valence-corrected chi connectivity index (χ3v) is 5.08. The highest BCUT2D eigenvalue weighted by atomic mass is 19.3. The van der Waals surface area contributed by atoms with Gasteiger partial charge in [0.05, 0.1) is 12.8 Å². The highest BCUT2D eigenvalue weighted by Crippen LogP contribution is 2.33. The largest absolute Gasteiger partial charge is 0.495 e. The second-order valence-corrected chi connectivity index (χ2v) is 7.76. The van der Waals surface area contributed by atoms with Crippen LogP contribution in [-0.4, -0.2) is 13.0 Å². The molecule has 0 spiro atoms. The summed E-state index contributed by atoms with van der Waals surface area (Å²) in [6.07, 6.45) is 6.32. The SMILES string of the molecule is C/C=C\c1ccccc1C.CCC(C)CCC(=O)Nc1cc(C(C)(F)F)ccc1OC. The third kappa shape index (κ3) is 9.33. The Morgan fingerprint density at radius 1 is 1.23 bits per heavy atom. The summed E-state index contributed by atoms with van der Waals surface area (Å²) < 4.78 is 31.8. The van der Waals surface area contributed by atoms with Gasteiger partial charge in [-0.1, -0.05) is 56.7 Å². The molecule has 1 N–H and O–H groups in total. The Morgan fingerprint density at radius 2 is 1.90 bits per heavy atom. The van der Waals surface area contributed by atoms with Gasteiger partial charge in [-0.15, -0.1) is 0 Å². The fraction of sp³-hybridized carbons (Fsp3) is 0.423. The summed E-state index contributed by atoms with van der Waals surface area (Å²) in [7, 11) is 1.44. The van der Waals surface area contributed by atoms with Crippen LogP contribution in [0, 0.1) is 12.8 Å². The lowest BCUT2D eigenvalue weighted by Crippen LogP contribution is -2.15. The molecule has 1 unspecified atom stereocenters. The van der Waals surface area contributed by atoms with Crippen molar-refractivity contribution >= 4 is 17.7 Å². The number of alkyl halides is 2. The quantitative estimate of drug-likeness (QED) is 0.467. The molecule has 0 aliphatic carbocycles. The van der Waals surface area contributed by atoms with E-state index in [0.717, 1.165) is 19.8 Å². The number of allylic oxidation sites excluding steroid dienone is 1. The van der Waals surface area contributed by atoms with Crippen molar-refractivity contribution in [2.24, 2.45) is 5.92 Å². The zero-order chi connectivity index (χ0) is 23.4. The fourth-order valence-electron chi connectivity index (χ4n) is 2.83. The molecule has 2 rings (SSSR count). The van der Waals surface area contributed by atoms with Crippen LogP contribution in [0.2, 0.25) is 0 Å². The normalized spacial score (nSPS) is 12.1. The standard InChI is InChI=1S/C16H23F2NO2.C10H12/c1-5-11(2)6-9-15(20)19-13-10-12(16(3,17)18)7-8-14(13)21-4;1-3-6-10-8-5-4-7-9(10)2/h7-8,10-11H,5-6,9H2,1-4H3,(H,19,20);3-8H,1-2H3/b;6-3-. The number of methoxy groups -OCH3 is 1. The summed E-state index contributed by atoms with van der Waals surface area (Å²) in [4.78, 5) is 11.9. The van der Waals surface area contributed by atoms with E-state index < -0.39 is 5.92 Å². The maximum atomic E-state index is 13.4. The first kappa shape index (κ1) is 26.3. The highest BCUT2D eigenvalue weighted by molar-refractivity contribution is 5.92. The molecule has 0 bridgehead atoms. The summed E-state index contributed by atoms with van der Waals surface area (Å²) in [6, 6.07) is 12.4. The summed E-state index contributed by atoms with van der Waals surface area (Å²) in [6.45, 7) is 9.12. The van der Waals surface area contributed by atoms with Gasteiger partial charge in [-0.05, 0) is 55.5 Å².